The van der Waals surface area contributed by atoms with E-state index in [0.29, 0.717) is 5.69 Å². The average Bonchev–Trinajstić information content (AvgIpc) is 2.76. The molecule has 0 spiro atoms. The minimum Gasteiger partial charge on any atom is -0.343 e. The van der Waals surface area contributed by atoms with Gasteiger partial charge in [0, 0.05) is 11.3 Å². The summed E-state index contributed by atoms with van der Waals surface area (Å²) in [6.07, 6.45) is 0. The minimum absolute atomic E-state index is 0.0327. The first-order chi connectivity index (χ1) is 15.6. The fourth-order valence-corrected chi connectivity index (χ4v) is 4.63. The number of aryl methyl sites for hydroxylation is 4. The number of amides is 2. The third kappa shape index (κ3) is 5.98. The van der Waals surface area contributed by atoms with Gasteiger partial charge in [-0.15, -0.1) is 0 Å². The summed E-state index contributed by atoms with van der Waals surface area (Å²) in [4.78, 5) is 24.8. The van der Waals surface area contributed by atoms with Crippen LogP contribution in [0.2, 0.25) is 0 Å². The second-order valence-corrected chi connectivity index (χ2v) is 9.63. The van der Waals surface area contributed by atoms with E-state index >= 15 is 0 Å². The highest BCUT2D eigenvalue weighted by molar-refractivity contribution is 7.92. The lowest BCUT2D eigenvalue weighted by molar-refractivity contribution is -0.115. The summed E-state index contributed by atoms with van der Waals surface area (Å²) in [5, 5.41) is 5.39. The van der Waals surface area contributed by atoms with Gasteiger partial charge in [0.2, 0.25) is 5.91 Å². The first-order valence-electron chi connectivity index (χ1n) is 10.4. The van der Waals surface area contributed by atoms with Crippen molar-refractivity contribution in [2.75, 3.05) is 16.6 Å². The number of para-hydroxylation sites is 1. The summed E-state index contributed by atoms with van der Waals surface area (Å²) in [5.74, 6) is -0.821. The van der Waals surface area contributed by atoms with Gasteiger partial charge in [-0.1, -0.05) is 35.9 Å². The van der Waals surface area contributed by atoms with E-state index in [1.54, 1.807) is 12.1 Å². The van der Waals surface area contributed by atoms with Gasteiger partial charge in [0.25, 0.3) is 15.9 Å². The Morgan fingerprint density at radius 2 is 1.42 bits per heavy atom. The molecular formula is C25H27N3O4S. The summed E-state index contributed by atoms with van der Waals surface area (Å²) >= 11 is 0. The molecule has 7 nitrogen and oxygen atoms in total. The van der Waals surface area contributed by atoms with Gasteiger partial charge in [-0.05, 0) is 74.7 Å². The molecule has 3 aromatic rings. The Labute approximate surface area is 194 Å². The van der Waals surface area contributed by atoms with Crippen LogP contribution >= 0.6 is 0 Å². The second kappa shape index (κ2) is 9.87. The number of rotatable bonds is 7. The molecule has 0 fully saturated rings. The van der Waals surface area contributed by atoms with E-state index in [2.05, 4.69) is 15.4 Å². The minimum atomic E-state index is -3.80. The van der Waals surface area contributed by atoms with Gasteiger partial charge < -0.3 is 10.6 Å². The van der Waals surface area contributed by atoms with Crippen LogP contribution in [0.25, 0.3) is 0 Å². The fourth-order valence-electron chi connectivity index (χ4n) is 3.50. The normalized spacial score (nSPS) is 11.0. The van der Waals surface area contributed by atoms with E-state index in [1.807, 2.05) is 52.0 Å². The molecule has 0 unspecified atom stereocenters. The molecule has 0 saturated heterocycles. The summed E-state index contributed by atoms with van der Waals surface area (Å²) in [6, 6.07) is 16.5. The number of anilines is 2. The van der Waals surface area contributed by atoms with Gasteiger partial charge >= 0.3 is 0 Å². The summed E-state index contributed by atoms with van der Waals surface area (Å²) in [6.45, 7) is 7.42. The summed E-state index contributed by atoms with van der Waals surface area (Å²) in [5.41, 5.74) is 5.27. The molecule has 0 saturated carbocycles. The van der Waals surface area contributed by atoms with Crippen LogP contribution in [0.4, 0.5) is 11.4 Å². The van der Waals surface area contributed by atoms with Crippen molar-refractivity contribution in [3.8, 4) is 0 Å². The lowest BCUT2D eigenvalue weighted by Crippen LogP contribution is -2.33. The third-order valence-corrected chi connectivity index (χ3v) is 6.55. The molecule has 2 amide bonds. The predicted molar refractivity (Wildman–Crippen MR) is 130 cm³/mol. The monoisotopic (exact) mass is 465 g/mol. The van der Waals surface area contributed by atoms with Crippen molar-refractivity contribution in [3.05, 3.63) is 88.5 Å². The van der Waals surface area contributed by atoms with Gasteiger partial charge in [-0.25, -0.2) is 8.42 Å². The van der Waals surface area contributed by atoms with Gasteiger partial charge in [-0.2, -0.15) is 0 Å². The van der Waals surface area contributed by atoms with Crippen molar-refractivity contribution in [1.29, 1.82) is 0 Å². The summed E-state index contributed by atoms with van der Waals surface area (Å²) < 4.78 is 27.8. The topological polar surface area (TPSA) is 104 Å². The van der Waals surface area contributed by atoms with E-state index in [9.17, 15) is 18.0 Å². The summed E-state index contributed by atoms with van der Waals surface area (Å²) in [7, 11) is -3.80. The Hall–Kier alpha value is -3.65. The highest BCUT2D eigenvalue weighted by Crippen LogP contribution is 2.22. The Balaban J connectivity index is 1.61. The number of carbonyl (C=O) groups is 2. The zero-order valence-corrected chi connectivity index (χ0v) is 19.8. The molecule has 33 heavy (non-hydrogen) atoms. The number of sulfonamides is 1. The average molecular weight is 466 g/mol. The Kier molecular flexibility index (Phi) is 7.18. The van der Waals surface area contributed by atoms with Crippen molar-refractivity contribution < 1.29 is 18.0 Å². The zero-order valence-electron chi connectivity index (χ0n) is 19.0. The highest BCUT2D eigenvalue weighted by atomic mass is 32.2. The Morgan fingerprint density at radius 3 is 2.03 bits per heavy atom. The number of hydrogen-bond donors (Lipinski definition) is 3. The van der Waals surface area contributed by atoms with Crippen molar-refractivity contribution >= 4 is 33.2 Å². The van der Waals surface area contributed by atoms with Crippen LogP contribution in [0.15, 0.2) is 65.6 Å². The molecule has 3 rings (SSSR count). The lowest BCUT2D eigenvalue weighted by atomic mass is 10.1. The Bertz CT molecular complexity index is 1280. The molecule has 0 heterocycles. The lowest BCUT2D eigenvalue weighted by Gasteiger charge is -2.13. The third-order valence-electron chi connectivity index (χ3n) is 5.17. The van der Waals surface area contributed by atoms with Crippen LogP contribution in [0.1, 0.15) is 32.6 Å². The highest BCUT2D eigenvalue weighted by Gasteiger charge is 2.17. The largest absolute Gasteiger partial charge is 0.343 e. The maximum absolute atomic E-state index is 12.6. The molecular weight excluding hydrogens is 438 g/mol. The molecule has 0 aliphatic carbocycles. The van der Waals surface area contributed by atoms with Gasteiger partial charge in [-0.3, -0.25) is 14.3 Å². The van der Waals surface area contributed by atoms with Crippen LogP contribution in [-0.4, -0.2) is 26.8 Å². The van der Waals surface area contributed by atoms with Crippen molar-refractivity contribution in [1.82, 2.24) is 5.32 Å². The molecule has 8 heteroatoms. The standard InChI is InChI=1S/C25H27N3O4S/c1-16-13-18(3)24(19(4)14-16)27-23(29)15-26-25(30)20-9-11-21(12-10-20)33(31,32)28-22-8-6-5-7-17(22)2/h5-14,28H,15H2,1-4H3,(H,26,30)(H,27,29). The van der Waals surface area contributed by atoms with Crippen molar-refractivity contribution in [3.63, 3.8) is 0 Å². The molecule has 172 valence electrons. The SMILES string of the molecule is Cc1cc(C)c(NC(=O)CNC(=O)c2ccc(S(=O)(=O)Nc3ccccc3C)cc2)c(C)c1. The van der Waals surface area contributed by atoms with E-state index in [-0.39, 0.29) is 22.9 Å². The molecule has 0 atom stereocenters. The quantitative estimate of drug-likeness (QED) is 0.489. The van der Waals surface area contributed by atoms with Crippen molar-refractivity contribution in [2.24, 2.45) is 0 Å². The fraction of sp³-hybridized carbons (Fsp3) is 0.200. The number of nitrogens with one attached hydrogen (secondary N) is 3. The second-order valence-electron chi connectivity index (χ2n) is 7.95. The van der Waals surface area contributed by atoms with Crippen LogP contribution in [0.5, 0.6) is 0 Å². The molecule has 0 radical (unpaired) electrons. The molecule has 3 aromatic carbocycles. The van der Waals surface area contributed by atoms with E-state index in [1.165, 1.54) is 24.3 Å². The van der Waals surface area contributed by atoms with E-state index in [0.717, 1.165) is 27.9 Å². The van der Waals surface area contributed by atoms with E-state index < -0.39 is 15.9 Å². The maximum Gasteiger partial charge on any atom is 0.261 e. The molecule has 0 aliphatic heterocycles. The zero-order chi connectivity index (χ0) is 24.2. The smallest absolute Gasteiger partial charge is 0.261 e. The van der Waals surface area contributed by atoms with Crippen LogP contribution < -0.4 is 15.4 Å². The maximum atomic E-state index is 12.6. The molecule has 0 aliphatic rings. The molecule has 3 N–H and O–H groups in total. The van der Waals surface area contributed by atoms with Crippen LogP contribution in [0, 0.1) is 27.7 Å². The molecule has 0 bridgehead atoms. The number of benzene rings is 3. The first-order valence-corrected chi connectivity index (χ1v) is 11.9. The number of carbonyl (C=O) groups excluding carboxylic acids is 2. The van der Waals surface area contributed by atoms with Crippen LogP contribution in [0.3, 0.4) is 0 Å². The first kappa shape index (κ1) is 24.0. The predicted octanol–water partition coefficient (Wildman–Crippen LogP) is 4.09. The van der Waals surface area contributed by atoms with Crippen LogP contribution in [-0.2, 0) is 14.8 Å². The van der Waals surface area contributed by atoms with Gasteiger partial charge in [0.05, 0.1) is 17.1 Å². The Morgan fingerprint density at radius 1 is 0.818 bits per heavy atom. The van der Waals surface area contributed by atoms with E-state index in [4.69, 9.17) is 0 Å². The van der Waals surface area contributed by atoms with Gasteiger partial charge in [0.1, 0.15) is 0 Å². The number of hydrogen-bond acceptors (Lipinski definition) is 4. The van der Waals surface area contributed by atoms with Crippen molar-refractivity contribution in [2.45, 2.75) is 32.6 Å². The molecule has 0 aromatic heterocycles. The van der Waals surface area contributed by atoms with Gasteiger partial charge in [0.15, 0.2) is 0 Å².